The Kier molecular flexibility index (Phi) is 4.65. The molecule has 0 saturated carbocycles. The second kappa shape index (κ2) is 7.46. The van der Waals surface area contributed by atoms with E-state index < -0.39 is 0 Å². The van der Waals surface area contributed by atoms with Gasteiger partial charge < -0.3 is 0 Å². The first-order valence-corrected chi connectivity index (χ1v) is 10.5. The first-order chi connectivity index (χ1) is 14.2. The van der Waals surface area contributed by atoms with Gasteiger partial charge in [-0.25, -0.2) is 0 Å². The second-order valence-electron chi connectivity index (χ2n) is 8.07. The fourth-order valence-corrected chi connectivity index (χ4v) is 4.89. The highest BCUT2D eigenvalue weighted by molar-refractivity contribution is 6.01. The van der Waals surface area contributed by atoms with Crippen LogP contribution >= 0.6 is 0 Å². The summed E-state index contributed by atoms with van der Waals surface area (Å²) in [5.74, 6) is 0.623. The molecule has 0 saturated heterocycles. The van der Waals surface area contributed by atoms with Gasteiger partial charge in [0.1, 0.15) is 0 Å². The summed E-state index contributed by atoms with van der Waals surface area (Å²) in [6.07, 6.45) is 0. The average Bonchev–Trinajstić information content (AvgIpc) is 3.27. The van der Waals surface area contributed by atoms with Gasteiger partial charge in [-0.1, -0.05) is 98.8 Å². The van der Waals surface area contributed by atoms with E-state index in [0.717, 1.165) is 0 Å². The molecule has 1 heterocycles. The van der Waals surface area contributed by atoms with Crippen LogP contribution in [0.25, 0.3) is 21.5 Å². The highest BCUT2D eigenvalue weighted by Gasteiger charge is 2.32. The van der Waals surface area contributed by atoms with Crippen LogP contribution in [-0.2, 0) is 0 Å². The van der Waals surface area contributed by atoms with Gasteiger partial charge in [-0.2, -0.15) is 0 Å². The van der Waals surface area contributed by atoms with Crippen molar-refractivity contribution >= 4 is 27.3 Å². The number of hydrogen-bond donors (Lipinski definition) is 1. The van der Waals surface area contributed by atoms with Crippen LogP contribution in [0.15, 0.2) is 89.9 Å². The Labute approximate surface area is 172 Å². The molecule has 3 atom stereocenters. The van der Waals surface area contributed by atoms with Gasteiger partial charge in [0.25, 0.3) is 0 Å². The van der Waals surface area contributed by atoms with Crippen molar-refractivity contribution < 1.29 is 0 Å². The van der Waals surface area contributed by atoms with E-state index >= 15 is 0 Å². The van der Waals surface area contributed by atoms with Crippen LogP contribution in [0, 0.1) is 0 Å². The van der Waals surface area contributed by atoms with Crippen molar-refractivity contribution in [2.75, 3.05) is 6.67 Å². The Bertz CT molecular complexity index is 1200. The average molecular weight is 379 g/mol. The number of nitrogens with one attached hydrogen (secondary N) is 1. The van der Waals surface area contributed by atoms with Crippen LogP contribution in [0.4, 0.5) is 0 Å². The lowest BCUT2D eigenvalue weighted by Crippen LogP contribution is -2.37. The molecule has 2 nitrogen and oxygen atoms in total. The van der Waals surface area contributed by atoms with Crippen LogP contribution in [0.3, 0.4) is 0 Å². The third-order valence-corrected chi connectivity index (χ3v) is 6.44. The zero-order chi connectivity index (χ0) is 19.8. The van der Waals surface area contributed by atoms with Crippen molar-refractivity contribution in [2.45, 2.75) is 31.7 Å². The molecule has 4 aromatic carbocycles. The number of aliphatic imine (C=N–C) groups is 1. The van der Waals surface area contributed by atoms with Crippen molar-refractivity contribution in [2.24, 2.45) is 4.99 Å². The van der Waals surface area contributed by atoms with Gasteiger partial charge in [-0.15, -0.1) is 0 Å². The quantitative estimate of drug-likeness (QED) is 0.445. The smallest absolute Gasteiger partial charge is 0.0890 e. The summed E-state index contributed by atoms with van der Waals surface area (Å²) >= 11 is 0. The summed E-state index contributed by atoms with van der Waals surface area (Å²) in [4.78, 5) is 4.93. The lowest BCUT2D eigenvalue weighted by Gasteiger charge is -2.27. The standard InChI is InChI=1S/C27H26N2/c1-18(22-15-7-11-20-9-3-5-13-24(20)22)26-27(29-17-28-26)19(2)23-16-8-12-21-10-4-6-14-25(21)23/h3-16,18-19,26,28H,17H2,1-2H3/t18?,19?,26-/m1/s1. The first kappa shape index (κ1) is 18.1. The monoisotopic (exact) mass is 378 g/mol. The molecular weight excluding hydrogens is 352 g/mol. The third-order valence-electron chi connectivity index (χ3n) is 6.44. The summed E-state index contributed by atoms with van der Waals surface area (Å²) in [6, 6.07) is 30.8. The zero-order valence-electron chi connectivity index (χ0n) is 17.0. The van der Waals surface area contributed by atoms with Crippen molar-refractivity contribution in [3.05, 3.63) is 96.1 Å². The number of nitrogens with zero attached hydrogens (tertiary/aromatic N) is 1. The lowest BCUT2D eigenvalue weighted by molar-refractivity contribution is 0.584. The molecule has 5 rings (SSSR count). The van der Waals surface area contributed by atoms with Crippen molar-refractivity contribution in [1.29, 1.82) is 0 Å². The molecule has 1 aliphatic heterocycles. The molecular formula is C27H26N2. The van der Waals surface area contributed by atoms with Gasteiger partial charge in [-0.05, 0) is 32.7 Å². The molecule has 1 N–H and O–H groups in total. The predicted molar refractivity (Wildman–Crippen MR) is 124 cm³/mol. The van der Waals surface area contributed by atoms with Crippen molar-refractivity contribution in [1.82, 2.24) is 5.32 Å². The zero-order valence-corrected chi connectivity index (χ0v) is 17.0. The molecule has 0 amide bonds. The van der Waals surface area contributed by atoms with Gasteiger partial charge in [0.05, 0.1) is 12.7 Å². The number of fused-ring (bicyclic) bond motifs is 2. The third kappa shape index (κ3) is 3.14. The Morgan fingerprint density at radius 3 is 1.97 bits per heavy atom. The topological polar surface area (TPSA) is 24.4 Å². The van der Waals surface area contributed by atoms with Gasteiger partial charge in [0, 0.05) is 17.5 Å². The largest absolute Gasteiger partial charge is 0.290 e. The molecule has 0 aliphatic carbocycles. The molecule has 4 aromatic rings. The minimum Gasteiger partial charge on any atom is -0.290 e. The van der Waals surface area contributed by atoms with Gasteiger partial charge in [-0.3, -0.25) is 10.3 Å². The van der Waals surface area contributed by atoms with E-state index in [1.165, 1.54) is 38.4 Å². The van der Waals surface area contributed by atoms with E-state index in [0.29, 0.717) is 12.6 Å². The predicted octanol–water partition coefficient (Wildman–Crippen LogP) is 6.27. The molecule has 29 heavy (non-hydrogen) atoms. The van der Waals surface area contributed by atoms with Gasteiger partial charge in [0.15, 0.2) is 0 Å². The first-order valence-electron chi connectivity index (χ1n) is 10.5. The van der Waals surface area contributed by atoms with Gasteiger partial charge in [0.2, 0.25) is 0 Å². The van der Waals surface area contributed by atoms with Crippen LogP contribution in [0.1, 0.15) is 36.8 Å². The van der Waals surface area contributed by atoms with E-state index in [9.17, 15) is 0 Å². The lowest BCUT2D eigenvalue weighted by atomic mass is 9.81. The minimum atomic E-state index is 0.245. The van der Waals surface area contributed by atoms with E-state index in [4.69, 9.17) is 4.99 Å². The fourth-order valence-electron chi connectivity index (χ4n) is 4.89. The molecule has 0 fully saturated rings. The Morgan fingerprint density at radius 1 is 0.724 bits per heavy atom. The Balaban J connectivity index is 1.53. The number of rotatable bonds is 4. The van der Waals surface area contributed by atoms with E-state index in [1.54, 1.807) is 0 Å². The molecule has 1 aliphatic rings. The van der Waals surface area contributed by atoms with Crippen LogP contribution in [-0.4, -0.2) is 18.4 Å². The van der Waals surface area contributed by atoms with Crippen LogP contribution in [0.5, 0.6) is 0 Å². The van der Waals surface area contributed by atoms with E-state index in [1.807, 2.05) is 0 Å². The van der Waals surface area contributed by atoms with Crippen LogP contribution in [0.2, 0.25) is 0 Å². The SMILES string of the molecule is CC(C1=NCN[C@@H]1C(C)c1cccc2ccccc12)c1cccc2ccccc12. The molecule has 0 spiro atoms. The molecule has 144 valence electrons. The summed E-state index contributed by atoms with van der Waals surface area (Å²) < 4.78 is 0. The maximum Gasteiger partial charge on any atom is 0.0890 e. The van der Waals surface area contributed by atoms with E-state index in [2.05, 4.69) is 104 Å². The molecule has 2 heteroatoms. The number of benzene rings is 4. The highest BCUT2D eigenvalue weighted by atomic mass is 15.1. The van der Waals surface area contributed by atoms with Crippen LogP contribution < -0.4 is 5.32 Å². The minimum absolute atomic E-state index is 0.245. The normalized spacial score (nSPS) is 18.7. The van der Waals surface area contributed by atoms with Crippen molar-refractivity contribution in [3.63, 3.8) is 0 Å². The maximum absolute atomic E-state index is 4.93. The van der Waals surface area contributed by atoms with Gasteiger partial charge >= 0.3 is 0 Å². The summed E-state index contributed by atoms with van der Waals surface area (Å²) in [5, 5.41) is 8.93. The highest BCUT2D eigenvalue weighted by Crippen LogP contribution is 2.34. The van der Waals surface area contributed by atoms with E-state index in [-0.39, 0.29) is 12.0 Å². The Morgan fingerprint density at radius 2 is 1.28 bits per heavy atom. The number of hydrogen-bond acceptors (Lipinski definition) is 2. The molecule has 0 bridgehead atoms. The van der Waals surface area contributed by atoms with Crippen molar-refractivity contribution in [3.8, 4) is 0 Å². The second-order valence-corrected chi connectivity index (χ2v) is 8.07. The molecule has 0 aromatic heterocycles. The summed E-state index contributed by atoms with van der Waals surface area (Å²) in [7, 11) is 0. The molecule has 2 unspecified atom stereocenters. The maximum atomic E-state index is 4.93. The molecule has 0 radical (unpaired) electrons. The summed E-state index contributed by atoms with van der Waals surface area (Å²) in [6.45, 7) is 5.33. The fraction of sp³-hybridized carbons (Fsp3) is 0.222. The Hall–Kier alpha value is -2.97. The summed E-state index contributed by atoms with van der Waals surface area (Å²) in [5.41, 5.74) is 4.02.